The van der Waals surface area contributed by atoms with Gasteiger partial charge in [-0.15, -0.1) is 12.4 Å². The molecule has 2 aromatic carbocycles. The Hall–Kier alpha value is -2.04. The van der Waals surface area contributed by atoms with Gasteiger partial charge in [0.05, 0.1) is 0 Å². The highest BCUT2D eigenvalue weighted by atomic mass is 35.5. The third-order valence-corrected chi connectivity index (χ3v) is 3.70. The Morgan fingerprint density at radius 1 is 1.12 bits per heavy atom. The summed E-state index contributed by atoms with van der Waals surface area (Å²) in [5.41, 5.74) is 7.44. The second-order valence-corrected chi connectivity index (χ2v) is 5.56. The Balaban J connectivity index is 0.00000288. The number of benzene rings is 2. The number of hydrogen-bond donors (Lipinski definition) is 2. The molecule has 0 aromatic heterocycles. The fourth-order valence-corrected chi connectivity index (χ4v) is 2.33. The molecule has 0 aliphatic rings. The Kier molecular flexibility index (Phi) is 8.90. The van der Waals surface area contributed by atoms with Gasteiger partial charge in [-0.3, -0.25) is 4.79 Å². The molecule has 0 bridgehead atoms. The van der Waals surface area contributed by atoms with E-state index in [2.05, 4.69) is 24.4 Å². The van der Waals surface area contributed by atoms with Crippen molar-refractivity contribution in [3.8, 4) is 5.75 Å². The predicted octanol–water partition coefficient (Wildman–Crippen LogP) is 3.97. The Labute approximate surface area is 149 Å². The lowest BCUT2D eigenvalue weighted by molar-refractivity contribution is -0.116. The normalized spacial score (nSPS) is 11.2. The second-order valence-electron chi connectivity index (χ2n) is 5.56. The molecule has 2 aromatic rings. The van der Waals surface area contributed by atoms with Crippen molar-refractivity contribution in [2.24, 2.45) is 5.73 Å². The number of nitrogens with one attached hydrogen (secondary N) is 1. The maximum absolute atomic E-state index is 12.0. The fraction of sp³-hybridized carbons (Fsp3) is 0.316. The van der Waals surface area contributed by atoms with E-state index < -0.39 is 0 Å². The summed E-state index contributed by atoms with van der Waals surface area (Å²) in [7, 11) is 0. The molecule has 2 rings (SSSR count). The van der Waals surface area contributed by atoms with Crippen LogP contribution in [-0.2, 0) is 4.79 Å². The summed E-state index contributed by atoms with van der Waals surface area (Å²) in [5.74, 6) is 1.16. The molecule has 130 valence electrons. The van der Waals surface area contributed by atoms with Gasteiger partial charge >= 0.3 is 0 Å². The first kappa shape index (κ1) is 20.0. The summed E-state index contributed by atoms with van der Waals surface area (Å²) in [6.07, 6.45) is 1.33. The summed E-state index contributed by atoms with van der Waals surface area (Å²) in [6, 6.07) is 17.6. The van der Waals surface area contributed by atoms with Crippen LogP contribution in [0.4, 0.5) is 5.69 Å². The van der Waals surface area contributed by atoms with Crippen molar-refractivity contribution in [2.45, 2.75) is 25.7 Å². The van der Waals surface area contributed by atoms with Crippen LogP contribution in [0.15, 0.2) is 54.6 Å². The molecule has 0 aliphatic carbocycles. The molecule has 0 aliphatic heterocycles. The van der Waals surface area contributed by atoms with E-state index in [1.807, 2.05) is 42.5 Å². The zero-order chi connectivity index (χ0) is 16.5. The van der Waals surface area contributed by atoms with E-state index in [0.29, 0.717) is 25.5 Å². The summed E-state index contributed by atoms with van der Waals surface area (Å²) < 4.78 is 5.41. The van der Waals surface area contributed by atoms with Gasteiger partial charge in [0.15, 0.2) is 0 Å². The average Bonchev–Trinajstić information content (AvgIpc) is 2.60. The quantitative estimate of drug-likeness (QED) is 0.758. The zero-order valence-corrected chi connectivity index (χ0v) is 14.7. The summed E-state index contributed by atoms with van der Waals surface area (Å²) in [4.78, 5) is 12.0. The van der Waals surface area contributed by atoms with Crippen LogP contribution in [0.2, 0.25) is 0 Å². The molecule has 0 saturated carbocycles. The van der Waals surface area contributed by atoms with Crippen LogP contribution in [0.1, 0.15) is 31.2 Å². The molecule has 1 amide bonds. The second kappa shape index (κ2) is 10.7. The van der Waals surface area contributed by atoms with Crippen LogP contribution >= 0.6 is 12.4 Å². The van der Waals surface area contributed by atoms with Crippen LogP contribution in [0.25, 0.3) is 0 Å². The number of amides is 1. The first-order valence-corrected chi connectivity index (χ1v) is 7.97. The van der Waals surface area contributed by atoms with Crippen molar-refractivity contribution in [1.29, 1.82) is 0 Å². The first-order valence-electron chi connectivity index (χ1n) is 7.97. The van der Waals surface area contributed by atoms with Gasteiger partial charge in [-0.2, -0.15) is 0 Å². The molecule has 1 unspecified atom stereocenters. The van der Waals surface area contributed by atoms with Gasteiger partial charge in [0, 0.05) is 18.7 Å². The van der Waals surface area contributed by atoms with Gasteiger partial charge in [0.1, 0.15) is 12.4 Å². The van der Waals surface area contributed by atoms with Crippen molar-refractivity contribution < 1.29 is 9.53 Å². The Bertz CT molecular complexity index is 603. The zero-order valence-electron chi connectivity index (χ0n) is 13.9. The topological polar surface area (TPSA) is 64.3 Å². The van der Waals surface area contributed by atoms with Crippen LogP contribution in [0.5, 0.6) is 5.75 Å². The molecule has 5 heteroatoms. The van der Waals surface area contributed by atoms with Gasteiger partial charge in [-0.1, -0.05) is 37.3 Å². The van der Waals surface area contributed by atoms with Crippen LogP contribution in [0.3, 0.4) is 0 Å². The summed E-state index contributed by atoms with van der Waals surface area (Å²) in [5, 5.41) is 2.91. The van der Waals surface area contributed by atoms with Crippen LogP contribution < -0.4 is 15.8 Å². The number of nitrogens with two attached hydrogens (primary N) is 1. The van der Waals surface area contributed by atoms with E-state index in [0.717, 1.165) is 17.9 Å². The van der Waals surface area contributed by atoms with E-state index in [-0.39, 0.29) is 18.3 Å². The minimum Gasteiger partial charge on any atom is -0.492 e. The third kappa shape index (κ3) is 6.60. The van der Waals surface area contributed by atoms with Crippen molar-refractivity contribution in [1.82, 2.24) is 0 Å². The fourth-order valence-electron chi connectivity index (χ4n) is 2.33. The summed E-state index contributed by atoms with van der Waals surface area (Å²) in [6.45, 7) is 3.12. The number of ether oxygens (including phenoxy) is 1. The lowest BCUT2D eigenvalue weighted by Crippen LogP contribution is -2.12. The number of rotatable bonds is 8. The van der Waals surface area contributed by atoms with E-state index in [9.17, 15) is 4.79 Å². The van der Waals surface area contributed by atoms with E-state index in [1.165, 1.54) is 5.56 Å². The molecular formula is C19H25ClN2O2. The largest absolute Gasteiger partial charge is 0.492 e. The van der Waals surface area contributed by atoms with Gasteiger partial charge in [-0.25, -0.2) is 0 Å². The average molecular weight is 349 g/mol. The maximum Gasteiger partial charge on any atom is 0.224 e. The van der Waals surface area contributed by atoms with Crippen LogP contribution in [0, 0.1) is 0 Å². The van der Waals surface area contributed by atoms with Crippen LogP contribution in [-0.4, -0.2) is 19.1 Å². The maximum atomic E-state index is 12.0. The lowest BCUT2D eigenvalue weighted by atomic mass is 9.96. The number of anilines is 1. The van der Waals surface area contributed by atoms with Crippen molar-refractivity contribution in [3.63, 3.8) is 0 Å². The molecule has 1 atom stereocenters. The van der Waals surface area contributed by atoms with E-state index in [1.54, 1.807) is 0 Å². The number of carbonyl (C=O) groups is 1. The van der Waals surface area contributed by atoms with Gasteiger partial charge in [0.25, 0.3) is 0 Å². The highest BCUT2D eigenvalue weighted by molar-refractivity contribution is 5.90. The smallest absolute Gasteiger partial charge is 0.224 e. The van der Waals surface area contributed by atoms with Crippen molar-refractivity contribution in [3.05, 3.63) is 60.2 Å². The predicted molar refractivity (Wildman–Crippen MR) is 101 cm³/mol. The number of halogens is 1. The lowest BCUT2D eigenvalue weighted by Gasteiger charge is -2.12. The molecule has 0 spiro atoms. The highest BCUT2D eigenvalue weighted by Crippen LogP contribution is 2.21. The SMILES string of the molecule is CC(CCC(=O)Nc1ccc(OCCN)cc1)c1ccccc1.Cl. The molecule has 4 nitrogen and oxygen atoms in total. The third-order valence-electron chi connectivity index (χ3n) is 3.70. The monoisotopic (exact) mass is 348 g/mol. The van der Waals surface area contributed by atoms with E-state index >= 15 is 0 Å². The molecule has 24 heavy (non-hydrogen) atoms. The number of carbonyl (C=O) groups excluding carboxylic acids is 1. The Morgan fingerprint density at radius 2 is 1.79 bits per heavy atom. The minimum absolute atomic E-state index is 0. The highest BCUT2D eigenvalue weighted by Gasteiger charge is 2.09. The number of hydrogen-bond acceptors (Lipinski definition) is 3. The minimum atomic E-state index is 0. The molecule has 0 saturated heterocycles. The van der Waals surface area contributed by atoms with Crippen molar-refractivity contribution >= 4 is 24.0 Å². The van der Waals surface area contributed by atoms with Gasteiger partial charge in [-0.05, 0) is 42.2 Å². The molecule has 0 heterocycles. The molecular weight excluding hydrogens is 324 g/mol. The molecule has 3 N–H and O–H groups in total. The summed E-state index contributed by atoms with van der Waals surface area (Å²) >= 11 is 0. The van der Waals surface area contributed by atoms with Gasteiger partial charge in [0.2, 0.25) is 5.91 Å². The van der Waals surface area contributed by atoms with Crippen molar-refractivity contribution in [2.75, 3.05) is 18.5 Å². The molecule has 0 radical (unpaired) electrons. The van der Waals surface area contributed by atoms with E-state index in [4.69, 9.17) is 10.5 Å². The molecule has 0 fully saturated rings. The first-order chi connectivity index (χ1) is 11.2. The standard InChI is InChI=1S/C19H24N2O2.ClH/c1-15(16-5-3-2-4-6-16)7-12-19(22)21-17-8-10-18(11-9-17)23-14-13-20;/h2-6,8-11,15H,7,12-14,20H2,1H3,(H,21,22);1H. The Morgan fingerprint density at radius 3 is 2.42 bits per heavy atom. The van der Waals surface area contributed by atoms with Gasteiger partial charge < -0.3 is 15.8 Å².